The van der Waals surface area contributed by atoms with Gasteiger partial charge in [-0.1, -0.05) is 34.4 Å². The summed E-state index contributed by atoms with van der Waals surface area (Å²) in [4.78, 5) is 5.78. The number of nitrogens with zero attached hydrogens (tertiary/aromatic N) is 2. The van der Waals surface area contributed by atoms with E-state index >= 15 is 0 Å². The zero-order valence-electron chi connectivity index (χ0n) is 14.1. The third kappa shape index (κ3) is 2.31. The molecule has 2 atom stereocenters. The summed E-state index contributed by atoms with van der Waals surface area (Å²) in [6.07, 6.45) is 5.66. The van der Waals surface area contributed by atoms with E-state index < -0.39 is 0 Å². The molecule has 1 aromatic carbocycles. The van der Waals surface area contributed by atoms with Crippen LogP contribution in [0.2, 0.25) is 10.0 Å². The molecule has 1 aromatic heterocycles. The number of hydroxylamine groups is 2. The van der Waals surface area contributed by atoms with Crippen molar-refractivity contribution in [1.82, 2.24) is 10.2 Å². The highest BCUT2D eigenvalue weighted by molar-refractivity contribution is 6.39. The molecular formula is C19H20Cl2N2O2. The second-order valence-corrected chi connectivity index (χ2v) is 8.34. The van der Waals surface area contributed by atoms with E-state index in [0.717, 1.165) is 54.8 Å². The molecule has 2 heterocycles. The van der Waals surface area contributed by atoms with Crippen molar-refractivity contribution in [2.75, 3.05) is 13.7 Å². The van der Waals surface area contributed by atoms with E-state index in [-0.39, 0.29) is 5.54 Å². The van der Waals surface area contributed by atoms with Crippen LogP contribution in [-0.2, 0) is 10.4 Å². The number of aromatic nitrogens is 1. The van der Waals surface area contributed by atoms with E-state index in [1.54, 1.807) is 7.11 Å². The monoisotopic (exact) mass is 378 g/mol. The summed E-state index contributed by atoms with van der Waals surface area (Å²) in [5, 5.41) is 7.82. The minimum Gasteiger partial charge on any atom is -0.360 e. The van der Waals surface area contributed by atoms with Gasteiger partial charge in [0.25, 0.3) is 0 Å². The Morgan fingerprint density at radius 3 is 2.64 bits per heavy atom. The average Bonchev–Trinajstić information content (AvgIpc) is 3.08. The van der Waals surface area contributed by atoms with Crippen LogP contribution in [0.1, 0.15) is 49.3 Å². The lowest BCUT2D eigenvalue weighted by Crippen LogP contribution is -2.42. The summed E-state index contributed by atoms with van der Waals surface area (Å²) in [6, 6.07) is 5.57. The fourth-order valence-electron chi connectivity index (χ4n) is 4.79. The fourth-order valence-corrected chi connectivity index (χ4v) is 5.37. The van der Waals surface area contributed by atoms with Crippen molar-refractivity contribution >= 4 is 23.2 Å². The lowest BCUT2D eigenvalue weighted by atomic mass is 9.84. The van der Waals surface area contributed by atoms with Crippen molar-refractivity contribution in [2.45, 2.75) is 43.6 Å². The first-order valence-electron chi connectivity index (χ1n) is 8.90. The largest absolute Gasteiger partial charge is 0.360 e. The Morgan fingerprint density at radius 2 is 2.00 bits per heavy atom. The van der Waals surface area contributed by atoms with Crippen LogP contribution < -0.4 is 0 Å². The summed E-state index contributed by atoms with van der Waals surface area (Å²) < 4.78 is 5.89. The van der Waals surface area contributed by atoms with Crippen LogP contribution in [0.5, 0.6) is 0 Å². The number of fused-ring (bicyclic) bond motifs is 2. The molecule has 132 valence electrons. The van der Waals surface area contributed by atoms with Crippen molar-refractivity contribution in [3.05, 3.63) is 39.6 Å². The van der Waals surface area contributed by atoms with Crippen molar-refractivity contribution in [2.24, 2.45) is 5.92 Å². The Balaban J connectivity index is 1.75. The molecule has 2 bridgehead atoms. The molecule has 2 aliphatic carbocycles. The van der Waals surface area contributed by atoms with Gasteiger partial charge in [0.15, 0.2) is 0 Å². The number of halogens is 2. The van der Waals surface area contributed by atoms with Crippen molar-refractivity contribution in [3.8, 4) is 11.3 Å². The molecule has 4 nitrogen and oxygen atoms in total. The van der Waals surface area contributed by atoms with E-state index in [2.05, 4.69) is 10.2 Å². The SMILES string of the molecule is CON1CC2CCC1(c1c(-c3c(Cl)cccc3Cl)noc1C1CC1)C2. The van der Waals surface area contributed by atoms with Gasteiger partial charge in [0.2, 0.25) is 0 Å². The van der Waals surface area contributed by atoms with Crippen LogP contribution in [-0.4, -0.2) is 23.9 Å². The Labute approximate surface area is 157 Å². The highest BCUT2D eigenvalue weighted by Gasteiger charge is 2.56. The average molecular weight is 379 g/mol. The molecule has 3 fully saturated rings. The van der Waals surface area contributed by atoms with Gasteiger partial charge in [-0.2, -0.15) is 5.06 Å². The summed E-state index contributed by atoms with van der Waals surface area (Å²) in [5.41, 5.74) is 2.56. The van der Waals surface area contributed by atoms with Gasteiger partial charge in [-0.15, -0.1) is 0 Å². The van der Waals surface area contributed by atoms with E-state index in [1.165, 1.54) is 6.42 Å². The Bertz CT molecular complexity index is 813. The molecule has 1 saturated heterocycles. The summed E-state index contributed by atoms with van der Waals surface area (Å²) in [7, 11) is 1.76. The summed E-state index contributed by atoms with van der Waals surface area (Å²) in [5.74, 6) is 2.14. The Kier molecular flexibility index (Phi) is 3.69. The maximum absolute atomic E-state index is 6.51. The normalized spacial score (nSPS) is 28.8. The smallest absolute Gasteiger partial charge is 0.145 e. The van der Waals surface area contributed by atoms with Crippen LogP contribution in [0, 0.1) is 5.92 Å². The number of hydrogen-bond acceptors (Lipinski definition) is 4. The standard InChI is InChI=1S/C19H20Cl2N2O2/c1-24-23-10-11-7-8-19(23,9-11)16-17(22-25-18(16)12-5-6-12)15-13(20)3-2-4-14(15)21/h2-4,11-12H,5-10H2,1H3. The second kappa shape index (κ2) is 5.71. The first-order chi connectivity index (χ1) is 12.1. The van der Waals surface area contributed by atoms with Gasteiger partial charge in [0.1, 0.15) is 11.5 Å². The molecule has 5 rings (SSSR count). The van der Waals surface area contributed by atoms with Crippen LogP contribution in [0.4, 0.5) is 0 Å². The van der Waals surface area contributed by atoms with Gasteiger partial charge in [-0.05, 0) is 50.2 Å². The van der Waals surface area contributed by atoms with Crippen LogP contribution >= 0.6 is 23.2 Å². The van der Waals surface area contributed by atoms with E-state index in [9.17, 15) is 0 Å². The molecule has 2 aromatic rings. The van der Waals surface area contributed by atoms with Gasteiger partial charge in [0, 0.05) is 23.6 Å². The highest BCUT2D eigenvalue weighted by atomic mass is 35.5. The molecule has 1 aliphatic heterocycles. The third-order valence-corrected chi connectivity index (χ3v) is 6.68. The minimum atomic E-state index is -0.171. The van der Waals surface area contributed by atoms with E-state index in [1.807, 2.05) is 18.2 Å². The van der Waals surface area contributed by atoms with Crippen LogP contribution in [0.3, 0.4) is 0 Å². The molecule has 25 heavy (non-hydrogen) atoms. The molecule has 2 unspecified atom stereocenters. The maximum atomic E-state index is 6.51. The molecule has 6 heteroatoms. The fraction of sp³-hybridized carbons (Fsp3) is 0.526. The number of hydrogen-bond donors (Lipinski definition) is 0. The van der Waals surface area contributed by atoms with Gasteiger partial charge >= 0.3 is 0 Å². The highest BCUT2D eigenvalue weighted by Crippen LogP contribution is 2.59. The van der Waals surface area contributed by atoms with Gasteiger partial charge in [-0.25, -0.2) is 0 Å². The van der Waals surface area contributed by atoms with Gasteiger partial charge in [0.05, 0.1) is 22.7 Å². The molecular weight excluding hydrogens is 359 g/mol. The van der Waals surface area contributed by atoms with Crippen LogP contribution in [0.25, 0.3) is 11.3 Å². The van der Waals surface area contributed by atoms with Crippen molar-refractivity contribution in [3.63, 3.8) is 0 Å². The maximum Gasteiger partial charge on any atom is 0.145 e. The lowest BCUT2D eigenvalue weighted by molar-refractivity contribution is -0.194. The molecule has 0 N–H and O–H groups in total. The van der Waals surface area contributed by atoms with Gasteiger partial charge < -0.3 is 9.36 Å². The van der Waals surface area contributed by atoms with E-state index in [0.29, 0.717) is 21.9 Å². The zero-order chi connectivity index (χ0) is 17.2. The number of piperidine rings is 1. The second-order valence-electron chi connectivity index (χ2n) is 7.53. The first kappa shape index (κ1) is 16.1. The summed E-state index contributed by atoms with van der Waals surface area (Å²) >= 11 is 13.0. The molecule has 3 aliphatic rings. The molecule has 0 radical (unpaired) electrons. The van der Waals surface area contributed by atoms with Gasteiger partial charge in [-0.3, -0.25) is 0 Å². The summed E-state index contributed by atoms with van der Waals surface area (Å²) in [6.45, 7) is 0.960. The number of benzene rings is 1. The first-order valence-corrected chi connectivity index (χ1v) is 9.66. The predicted molar refractivity (Wildman–Crippen MR) is 96.7 cm³/mol. The molecule has 2 saturated carbocycles. The minimum absolute atomic E-state index is 0.171. The number of rotatable bonds is 4. The molecule has 0 amide bonds. The Hall–Kier alpha value is -1.07. The Morgan fingerprint density at radius 1 is 1.24 bits per heavy atom. The third-order valence-electron chi connectivity index (χ3n) is 6.05. The zero-order valence-corrected chi connectivity index (χ0v) is 15.6. The lowest BCUT2D eigenvalue weighted by Gasteiger charge is -2.37. The molecule has 0 spiro atoms. The van der Waals surface area contributed by atoms with Crippen molar-refractivity contribution < 1.29 is 9.36 Å². The van der Waals surface area contributed by atoms with Crippen molar-refractivity contribution in [1.29, 1.82) is 0 Å². The topological polar surface area (TPSA) is 38.5 Å². The van der Waals surface area contributed by atoms with Crippen LogP contribution in [0.15, 0.2) is 22.7 Å². The predicted octanol–water partition coefficient (Wildman–Crippen LogP) is 5.40. The quantitative estimate of drug-likeness (QED) is 0.713. The van der Waals surface area contributed by atoms with E-state index in [4.69, 9.17) is 32.6 Å².